The molecule has 4 nitrogen and oxygen atoms in total. The van der Waals surface area contributed by atoms with Gasteiger partial charge < -0.3 is 15.2 Å². The predicted octanol–water partition coefficient (Wildman–Crippen LogP) is 0.549. The lowest BCUT2D eigenvalue weighted by atomic mass is 9.84. The van der Waals surface area contributed by atoms with E-state index in [1.165, 1.54) is 7.11 Å². The summed E-state index contributed by atoms with van der Waals surface area (Å²) in [6.07, 6.45) is 1.41. The van der Waals surface area contributed by atoms with Gasteiger partial charge in [-0.3, -0.25) is 4.79 Å². The molecule has 3 unspecified atom stereocenters. The van der Waals surface area contributed by atoms with Crippen LogP contribution >= 0.6 is 0 Å². The molecule has 0 spiro atoms. The molecule has 82 valence electrons. The Hall–Kier alpha value is -0.610. The molecule has 2 N–H and O–H groups in total. The number of hydrogen-bond donors (Lipinski definition) is 1. The Morgan fingerprint density at radius 1 is 1.71 bits per heavy atom. The highest BCUT2D eigenvalue weighted by Crippen LogP contribution is 2.27. The molecule has 0 aromatic rings. The zero-order valence-electron chi connectivity index (χ0n) is 8.86. The second-order valence-corrected chi connectivity index (χ2v) is 3.93. The van der Waals surface area contributed by atoms with Crippen molar-refractivity contribution in [2.24, 2.45) is 17.6 Å². The van der Waals surface area contributed by atoms with Crippen LogP contribution in [-0.2, 0) is 14.3 Å². The van der Waals surface area contributed by atoms with Crippen molar-refractivity contribution in [3.63, 3.8) is 0 Å². The summed E-state index contributed by atoms with van der Waals surface area (Å²) in [5.41, 5.74) is 5.86. The van der Waals surface area contributed by atoms with Gasteiger partial charge in [0.2, 0.25) is 0 Å². The van der Waals surface area contributed by atoms with Crippen LogP contribution < -0.4 is 5.73 Å². The molecule has 1 fully saturated rings. The molecular formula is C10H19NO3. The summed E-state index contributed by atoms with van der Waals surface area (Å²) in [7, 11) is 1.41. The average Bonchev–Trinajstić information content (AvgIpc) is 2.65. The van der Waals surface area contributed by atoms with Crippen LogP contribution in [0.5, 0.6) is 0 Å². The van der Waals surface area contributed by atoms with Gasteiger partial charge in [-0.2, -0.15) is 0 Å². The molecular weight excluding hydrogens is 182 g/mol. The van der Waals surface area contributed by atoms with Crippen LogP contribution in [-0.4, -0.2) is 32.3 Å². The highest BCUT2D eigenvalue weighted by atomic mass is 16.5. The maximum absolute atomic E-state index is 11.2. The molecule has 0 bridgehead atoms. The standard InChI is InChI=1S/C10H19NO3/c1-7(11)9(5-10(12)13-2)8-3-4-14-6-8/h7-9H,3-6,11H2,1-2H3. The maximum Gasteiger partial charge on any atom is 0.305 e. The molecule has 0 radical (unpaired) electrons. The van der Waals surface area contributed by atoms with Crippen molar-refractivity contribution in [2.75, 3.05) is 20.3 Å². The van der Waals surface area contributed by atoms with E-state index >= 15 is 0 Å². The zero-order valence-corrected chi connectivity index (χ0v) is 8.86. The summed E-state index contributed by atoms with van der Waals surface area (Å²) >= 11 is 0. The monoisotopic (exact) mass is 201 g/mol. The van der Waals surface area contributed by atoms with Crippen LogP contribution in [0.3, 0.4) is 0 Å². The van der Waals surface area contributed by atoms with E-state index in [1.54, 1.807) is 0 Å². The van der Waals surface area contributed by atoms with E-state index in [4.69, 9.17) is 10.5 Å². The van der Waals surface area contributed by atoms with Gasteiger partial charge in [0.15, 0.2) is 0 Å². The summed E-state index contributed by atoms with van der Waals surface area (Å²) in [6.45, 7) is 3.45. The Balaban J connectivity index is 2.49. The molecule has 4 heteroatoms. The van der Waals surface area contributed by atoms with Gasteiger partial charge in [-0.1, -0.05) is 0 Å². The third-order valence-corrected chi connectivity index (χ3v) is 2.88. The quantitative estimate of drug-likeness (QED) is 0.675. The first-order valence-corrected chi connectivity index (χ1v) is 5.05. The molecule has 0 amide bonds. The summed E-state index contributed by atoms with van der Waals surface area (Å²) in [6, 6.07) is 0.0146. The van der Waals surface area contributed by atoms with Crippen LogP contribution in [0.1, 0.15) is 19.8 Å². The number of rotatable bonds is 4. The molecule has 1 aliphatic rings. The van der Waals surface area contributed by atoms with Crippen molar-refractivity contribution >= 4 is 5.97 Å². The van der Waals surface area contributed by atoms with Gasteiger partial charge in [0.25, 0.3) is 0 Å². The van der Waals surface area contributed by atoms with E-state index in [0.717, 1.165) is 19.6 Å². The zero-order chi connectivity index (χ0) is 10.6. The third kappa shape index (κ3) is 2.96. The molecule has 0 aromatic heterocycles. The Morgan fingerprint density at radius 2 is 2.43 bits per heavy atom. The van der Waals surface area contributed by atoms with Crippen LogP contribution in [0, 0.1) is 11.8 Å². The fourth-order valence-corrected chi connectivity index (χ4v) is 1.95. The molecule has 1 aliphatic heterocycles. The minimum atomic E-state index is -0.181. The van der Waals surface area contributed by atoms with E-state index < -0.39 is 0 Å². The van der Waals surface area contributed by atoms with E-state index in [1.807, 2.05) is 6.92 Å². The number of carbonyl (C=O) groups is 1. The molecule has 0 aliphatic carbocycles. The van der Waals surface area contributed by atoms with Crippen molar-refractivity contribution in [3.8, 4) is 0 Å². The fraction of sp³-hybridized carbons (Fsp3) is 0.900. The number of hydrogen-bond acceptors (Lipinski definition) is 4. The van der Waals surface area contributed by atoms with Gasteiger partial charge >= 0.3 is 5.97 Å². The smallest absolute Gasteiger partial charge is 0.305 e. The third-order valence-electron chi connectivity index (χ3n) is 2.88. The van der Waals surface area contributed by atoms with Crippen molar-refractivity contribution in [1.82, 2.24) is 0 Å². The maximum atomic E-state index is 11.2. The Labute approximate surface area is 84.7 Å². The second kappa shape index (κ2) is 5.32. The van der Waals surface area contributed by atoms with Gasteiger partial charge in [0, 0.05) is 19.3 Å². The first-order chi connectivity index (χ1) is 6.65. The highest BCUT2D eigenvalue weighted by Gasteiger charge is 2.30. The van der Waals surface area contributed by atoms with Crippen molar-refractivity contribution in [2.45, 2.75) is 25.8 Å². The lowest BCUT2D eigenvalue weighted by Crippen LogP contribution is -2.34. The average molecular weight is 201 g/mol. The van der Waals surface area contributed by atoms with Crippen LogP contribution in [0.4, 0.5) is 0 Å². The van der Waals surface area contributed by atoms with Crippen molar-refractivity contribution in [3.05, 3.63) is 0 Å². The molecule has 14 heavy (non-hydrogen) atoms. The lowest BCUT2D eigenvalue weighted by molar-refractivity contribution is -0.142. The van der Waals surface area contributed by atoms with Gasteiger partial charge in [-0.15, -0.1) is 0 Å². The Kier molecular flexibility index (Phi) is 4.35. The summed E-state index contributed by atoms with van der Waals surface area (Å²) in [5, 5.41) is 0. The second-order valence-electron chi connectivity index (χ2n) is 3.93. The van der Waals surface area contributed by atoms with Gasteiger partial charge in [0.05, 0.1) is 13.5 Å². The minimum absolute atomic E-state index is 0.0146. The van der Waals surface area contributed by atoms with Gasteiger partial charge in [-0.05, 0) is 25.2 Å². The van der Waals surface area contributed by atoms with Crippen LogP contribution in [0.25, 0.3) is 0 Å². The molecule has 3 atom stereocenters. The number of carbonyl (C=O) groups excluding carboxylic acids is 1. The first-order valence-electron chi connectivity index (χ1n) is 5.05. The van der Waals surface area contributed by atoms with Gasteiger partial charge in [-0.25, -0.2) is 0 Å². The molecule has 0 saturated carbocycles. The van der Waals surface area contributed by atoms with E-state index in [0.29, 0.717) is 12.3 Å². The predicted molar refractivity (Wildman–Crippen MR) is 52.7 cm³/mol. The molecule has 0 aromatic carbocycles. The molecule has 1 saturated heterocycles. The first kappa shape index (κ1) is 11.5. The van der Waals surface area contributed by atoms with Crippen LogP contribution in [0.15, 0.2) is 0 Å². The number of esters is 1. The van der Waals surface area contributed by atoms with Gasteiger partial charge in [0.1, 0.15) is 0 Å². The normalized spacial score (nSPS) is 25.8. The fourth-order valence-electron chi connectivity index (χ4n) is 1.95. The van der Waals surface area contributed by atoms with E-state index in [2.05, 4.69) is 4.74 Å². The minimum Gasteiger partial charge on any atom is -0.469 e. The summed E-state index contributed by atoms with van der Waals surface area (Å²) in [4.78, 5) is 11.2. The Morgan fingerprint density at radius 3 is 2.86 bits per heavy atom. The topological polar surface area (TPSA) is 61.5 Å². The number of ether oxygens (including phenoxy) is 2. The van der Waals surface area contributed by atoms with E-state index in [9.17, 15) is 4.79 Å². The number of methoxy groups -OCH3 is 1. The Bertz CT molecular complexity index is 188. The SMILES string of the molecule is COC(=O)CC(C(C)N)C1CCOC1. The van der Waals surface area contributed by atoms with Crippen LogP contribution in [0.2, 0.25) is 0 Å². The highest BCUT2D eigenvalue weighted by molar-refractivity contribution is 5.69. The lowest BCUT2D eigenvalue weighted by Gasteiger charge is -2.24. The summed E-state index contributed by atoms with van der Waals surface area (Å²) in [5.74, 6) is 0.415. The van der Waals surface area contributed by atoms with Crippen molar-refractivity contribution < 1.29 is 14.3 Å². The number of nitrogens with two attached hydrogens (primary N) is 1. The molecule has 1 heterocycles. The largest absolute Gasteiger partial charge is 0.469 e. The molecule has 1 rings (SSSR count). The van der Waals surface area contributed by atoms with E-state index in [-0.39, 0.29) is 17.9 Å². The van der Waals surface area contributed by atoms with Crippen molar-refractivity contribution in [1.29, 1.82) is 0 Å². The summed E-state index contributed by atoms with van der Waals surface area (Å²) < 4.78 is 9.95.